The van der Waals surface area contributed by atoms with Crippen LogP contribution in [0.25, 0.3) is 0 Å². The summed E-state index contributed by atoms with van der Waals surface area (Å²) in [4.78, 5) is 13.8. The molecule has 1 aromatic rings. The third kappa shape index (κ3) is 3.28. The summed E-state index contributed by atoms with van der Waals surface area (Å²) in [5, 5.41) is 3.07. The van der Waals surface area contributed by atoms with Crippen molar-refractivity contribution in [3.8, 4) is 0 Å². The molecule has 1 unspecified atom stereocenters. The van der Waals surface area contributed by atoms with Gasteiger partial charge in [-0.2, -0.15) is 4.31 Å². The fourth-order valence-corrected chi connectivity index (χ4v) is 4.81. The highest BCUT2D eigenvalue weighted by Gasteiger charge is 2.38. The van der Waals surface area contributed by atoms with Crippen LogP contribution in [0.5, 0.6) is 0 Å². The maximum Gasteiger partial charge on any atom is 0.245 e. The molecule has 1 fully saturated rings. The predicted molar refractivity (Wildman–Crippen MR) is 83.4 cm³/mol. The summed E-state index contributed by atoms with van der Waals surface area (Å²) in [5.41, 5.74) is 0. The number of rotatable bonds is 3. The number of carbonyl (C=O) groups excluding carboxylic acids is 1. The largest absolute Gasteiger partial charge is 0.347 e. The first-order valence-corrected chi connectivity index (χ1v) is 8.77. The van der Waals surface area contributed by atoms with Gasteiger partial charge in [0.25, 0.3) is 0 Å². The van der Waals surface area contributed by atoms with Crippen molar-refractivity contribution in [2.45, 2.75) is 10.9 Å². The molecule has 1 atom stereocenters. The number of amides is 1. The van der Waals surface area contributed by atoms with E-state index in [1.807, 2.05) is 0 Å². The van der Waals surface area contributed by atoms with E-state index < -0.39 is 16.1 Å². The highest BCUT2D eigenvalue weighted by molar-refractivity contribution is 9.10. The Bertz CT molecular complexity index is 633. The quantitative estimate of drug-likeness (QED) is 0.834. The van der Waals surface area contributed by atoms with Crippen molar-refractivity contribution in [2.24, 2.45) is 0 Å². The van der Waals surface area contributed by atoms with Gasteiger partial charge >= 0.3 is 0 Å². The molecule has 1 amide bonds. The maximum absolute atomic E-state index is 12.8. The van der Waals surface area contributed by atoms with E-state index >= 15 is 0 Å². The van der Waals surface area contributed by atoms with Gasteiger partial charge in [-0.25, -0.2) is 8.42 Å². The van der Waals surface area contributed by atoms with Crippen LogP contribution in [0.3, 0.4) is 0 Å². The number of nitrogens with zero attached hydrogens (tertiary/aromatic N) is 2. The lowest BCUT2D eigenvalue weighted by molar-refractivity contribution is -0.133. The average molecular weight is 376 g/mol. The number of piperazine rings is 1. The van der Waals surface area contributed by atoms with Crippen molar-refractivity contribution in [3.05, 3.63) is 28.7 Å². The zero-order valence-corrected chi connectivity index (χ0v) is 14.3. The molecule has 0 bridgehead atoms. The van der Waals surface area contributed by atoms with Crippen LogP contribution in [-0.4, -0.2) is 63.3 Å². The Kier molecular flexibility index (Phi) is 5.03. The van der Waals surface area contributed by atoms with Crippen molar-refractivity contribution in [2.75, 3.05) is 33.7 Å². The molecule has 0 saturated carbocycles. The van der Waals surface area contributed by atoms with Gasteiger partial charge in [0.1, 0.15) is 6.04 Å². The van der Waals surface area contributed by atoms with E-state index in [2.05, 4.69) is 21.2 Å². The van der Waals surface area contributed by atoms with Crippen molar-refractivity contribution in [1.82, 2.24) is 14.5 Å². The highest BCUT2D eigenvalue weighted by Crippen LogP contribution is 2.26. The Balaban J connectivity index is 2.41. The van der Waals surface area contributed by atoms with Crippen molar-refractivity contribution < 1.29 is 13.2 Å². The van der Waals surface area contributed by atoms with Crippen LogP contribution < -0.4 is 5.32 Å². The minimum Gasteiger partial charge on any atom is -0.347 e. The van der Waals surface area contributed by atoms with E-state index in [0.29, 0.717) is 17.6 Å². The lowest BCUT2D eigenvalue weighted by Gasteiger charge is -2.35. The zero-order valence-electron chi connectivity index (χ0n) is 11.9. The molecule has 1 heterocycles. The van der Waals surface area contributed by atoms with Gasteiger partial charge in [-0.05, 0) is 28.1 Å². The predicted octanol–water partition coefficient (Wildman–Crippen LogP) is 0.500. The van der Waals surface area contributed by atoms with Crippen LogP contribution in [0.2, 0.25) is 0 Å². The second-order valence-electron chi connectivity index (χ2n) is 5.00. The molecule has 2 rings (SSSR count). The van der Waals surface area contributed by atoms with E-state index in [1.54, 1.807) is 38.4 Å². The number of benzene rings is 1. The number of hydrogen-bond donors (Lipinski definition) is 1. The monoisotopic (exact) mass is 375 g/mol. The average Bonchev–Trinajstić information content (AvgIpc) is 2.46. The lowest BCUT2D eigenvalue weighted by Crippen LogP contribution is -2.59. The summed E-state index contributed by atoms with van der Waals surface area (Å²) in [6, 6.07) is 5.92. The summed E-state index contributed by atoms with van der Waals surface area (Å²) < 4.78 is 27.5. The molecular weight excluding hydrogens is 358 g/mol. The van der Waals surface area contributed by atoms with Crippen molar-refractivity contribution >= 4 is 31.9 Å². The molecule has 116 valence electrons. The van der Waals surface area contributed by atoms with Crippen LogP contribution in [-0.2, 0) is 14.8 Å². The van der Waals surface area contributed by atoms with Gasteiger partial charge < -0.3 is 10.2 Å². The van der Waals surface area contributed by atoms with Crippen LogP contribution in [0, 0.1) is 0 Å². The van der Waals surface area contributed by atoms with Crippen LogP contribution in [0.15, 0.2) is 33.6 Å². The van der Waals surface area contributed by atoms with Crippen LogP contribution in [0.4, 0.5) is 0 Å². The molecule has 0 aliphatic carbocycles. The third-order valence-corrected chi connectivity index (χ3v) is 6.26. The van der Waals surface area contributed by atoms with E-state index in [9.17, 15) is 13.2 Å². The first kappa shape index (κ1) is 16.4. The summed E-state index contributed by atoms with van der Waals surface area (Å²) in [5.74, 6) is -0.224. The SMILES string of the molecule is CN(C)C(=O)C1CNCCN1S(=O)(=O)c1ccccc1Br. The zero-order chi connectivity index (χ0) is 15.6. The molecule has 1 aromatic carbocycles. The molecule has 21 heavy (non-hydrogen) atoms. The second kappa shape index (κ2) is 6.43. The summed E-state index contributed by atoms with van der Waals surface area (Å²) in [6.45, 7) is 1.12. The Morgan fingerprint density at radius 1 is 1.38 bits per heavy atom. The Morgan fingerprint density at radius 2 is 2.05 bits per heavy atom. The minimum atomic E-state index is -3.72. The molecule has 0 spiro atoms. The molecule has 1 saturated heterocycles. The number of hydrogen-bond acceptors (Lipinski definition) is 4. The Morgan fingerprint density at radius 3 is 2.67 bits per heavy atom. The third-order valence-electron chi connectivity index (χ3n) is 3.34. The molecule has 1 aliphatic heterocycles. The fourth-order valence-electron chi connectivity index (χ4n) is 2.26. The highest BCUT2D eigenvalue weighted by atomic mass is 79.9. The molecule has 8 heteroatoms. The lowest BCUT2D eigenvalue weighted by atomic mass is 10.2. The molecule has 1 N–H and O–H groups in total. The second-order valence-corrected chi connectivity index (χ2v) is 7.71. The van der Waals surface area contributed by atoms with Gasteiger partial charge in [0.05, 0.1) is 4.90 Å². The molecule has 6 nitrogen and oxygen atoms in total. The summed E-state index contributed by atoms with van der Waals surface area (Å²) in [7, 11) is -0.471. The fraction of sp³-hybridized carbons (Fsp3) is 0.462. The van der Waals surface area contributed by atoms with Gasteiger partial charge in [0, 0.05) is 38.2 Å². The van der Waals surface area contributed by atoms with Gasteiger partial charge in [-0.15, -0.1) is 0 Å². The van der Waals surface area contributed by atoms with Gasteiger partial charge in [0.2, 0.25) is 15.9 Å². The summed E-state index contributed by atoms with van der Waals surface area (Å²) in [6.07, 6.45) is 0. The molecule has 0 aromatic heterocycles. The van der Waals surface area contributed by atoms with Gasteiger partial charge in [0.15, 0.2) is 0 Å². The number of carbonyl (C=O) groups is 1. The number of likely N-dealkylation sites (N-methyl/N-ethyl adjacent to an activating group) is 1. The van der Waals surface area contributed by atoms with Gasteiger partial charge in [-0.1, -0.05) is 12.1 Å². The van der Waals surface area contributed by atoms with Crippen molar-refractivity contribution in [1.29, 1.82) is 0 Å². The number of halogens is 1. The van der Waals surface area contributed by atoms with E-state index in [0.717, 1.165) is 0 Å². The smallest absolute Gasteiger partial charge is 0.245 e. The van der Waals surface area contributed by atoms with E-state index in [-0.39, 0.29) is 17.3 Å². The first-order valence-electron chi connectivity index (χ1n) is 6.54. The molecule has 0 radical (unpaired) electrons. The number of nitrogens with one attached hydrogen (secondary N) is 1. The maximum atomic E-state index is 12.8. The van der Waals surface area contributed by atoms with Crippen LogP contribution in [0.1, 0.15) is 0 Å². The standard InChI is InChI=1S/C13H18BrN3O3S/c1-16(2)13(18)11-9-15-7-8-17(11)21(19,20)12-6-4-3-5-10(12)14/h3-6,11,15H,7-9H2,1-2H3. The normalized spacial score (nSPS) is 20.2. The molecular formula is C13H18BrN3O3S. The Labute approximate surface area is 133 Å². The minimum absolute atomic E-state index is 0.184. The van der Waals surface area contributed by atoms with Crippen LogP contribution >= 0.6 is 15.9 Å². The topological polar surface area (TPSA) is 69.7 Å². The molecule has 1 aliphatic rings. The first-order chi connectivity index (χ1) is 9.85. The van der Waals surface area contributed by atoms with E-state index in [1.165, 1.54) is 9.21 Å². The van der Waals surface area contributed by atoms with Gasteiger partial charge in [-0.3, -0.25) is 4.79 Å². The van der Waals surface area contributed by atoms with Crippen molar-refractivity contribution in [3.63, 3.8) is 0 Å². The Hall–Kier alpha value is -0.960. The summed E-state index contributed by atoms with van der Waals surface area (Å²) >= 11 is 3.27. The number of sulfonamides is 1. The van der Waals surface area contributed by atoms with E-state index in [4.69, 9.17) is 0 Å².